The molecule has 0 bridgehead atoms. The van der Waals surface area contributed by atoms with E-state index in [1.54, 1.807) is 12.1 Å². The van der Waals surface area contributed by atoms with Crippen LogP contribution in [0.3, 0.4) is 0 Å². The van der Waals surface area contributed by atoms with Gasteiger partial charge in [-0.25, -0.2) is 14.8 Å². The third-order valence-electron chi connectivity index (χ3n) is 8.37. The summed E-state index contributed by atoms with van der Waals surface area (Å²) in [6.45, 7) is 10.4. The fourth-order valence-electron chi connectivity index (χ4n) is 5.72. The average molecular weight is 755 g/mol. The highest BCUT2D eigenvalue weighted by Crippen LogP contribution is 2.21. The predicted molar refractivity (Wildman–Crippen MR) is 208 cm³/mol. The van der Waals surface area contributed by atoms with E-state index in [-0.39, 0.29) is 39.1 Å². The van der Waals surface area contributed by atoms with E-state index in [1.807, 2.05) is 99.6 Å². The van der Waals surface area contributed by atoms with Crippen molar-refractivity contribution >= 4 is 17.8 Å². The molecule has 3 N–H and O–H groups in total. The number of nitrogens with one attached hydrogen (secondary N) is 3. The maximum absolute atomic E-state index is 14.6. The van der Waals surface area contributed by atoms with E-state index in [0.29, 0.717) is 31.3 Å². The molecule has 0 saturated carbocycles. The molecule has 12 nitrogen and oxygen atoms in total. The Morgan fingerprint density at radius 1 is 0.909 bits per heavy atom. The number of nitrogens with zero attached hydrogens (tertiary/aromatic N) is 3. The van der Waals surface area contributed by atoms with Gasteiger partial charge in [-0.05, 0) is 67.3 Å². The van der Waals surface area contributed by atoms with Gasteiger partial charge in [0.25, 0.3) is 0 Å². The van der Waals surface area contributed by atoms with Crippen LogP contribution in [0.2, 0.25) is 0 Å². The Bertz CT molecular complexity index is 1810. The minimum atomic E-state index is -1.09. The molecule has 4 amide bonds. The highest BCUT2D eigenvalue weighted by molar-refractivity contribution is 5.89. The molecule has 0 aliphatic carbocycles. The number of aryl methyl sites for hydroxylation is 1. The van der Waals surface area contributed by atoms with Gasteiger partial charge < -0.3 is 29.7 Å². The van der Waals surface area contributed by atoms with Crippen LogP contribution in [-0.4, -0.2) is 77.9 Å². The van der Waals surface area contributed by atoms with E-state index < -0.39 is 36.1 Å². The Labute approximate surface area is 322 Å². The summed E-state index contributed by atoms with van der Waals surface area (Å²) in [7, 11) is 0. The van der Waals surface area contributed by atoms with Crippen LogP contribution in [0.15, 0.2) is 110 Å². The topological polar surface area (TPSA) is 134 Å². The standard InChI is InChI=1S/C42H51FN6O6/c1-5-23-49(47-42(52)44-26-32-15-10-8-11-16-32)28-39(50)46-37(25-34-21-22-36(24-31(34)4)55-30-33-17-12-9-13-18-33)41(51)48(29-40(53-6-2)54-7-3)27-35-19-14-20-38(43)45-35/h5,8-22,24,37,40H,1,6-7,23,25-30H2,2-4H3,(H,46,50)(H2,44,47,52)/t37-/m0/s1. The molecule has 292 valence electrons. The number of urea groups is 1. The summed E-state index contributed by atoms with van der Waals surface area (Å²) in [6, 6.07) is 27.6. The van der Waals surface area contributed by atoms with Gasteiger partial charge in [-0.15, -0.1) is 6.58 Å². The van der Waals surface area contributed by atoms with Crippen LogP contribution in [0.25, 0.3) is 0 Å². The molecule has 0 aliphatic heterocycles. The highest BCUT2D eigenvalue weighted by Gasteiger charge is 2.30. The number of amides is 4. The quantitative estimate of drug-likeness (QED) is 0.0417. The fourth-order valence-corrected chi connectivity index (χ4v) is 5.72. The molecular weight excluding hydrogens is 703 g/mol. The second-order valence-electron chi connectivity index (χ2n) is 12.6. The summed E-state index contributed by atoms with van der Waals surface area (Å²) >= 11 is 0. The first-order valence-electron chi connectivity index (χ1n) is 18.3. The molecule has 4 rings (SSSR count). The third-order valence-corrected chi connectivity index (χ3v) is 8.37. The number of carbonyl (C=O) groups excluding carboxylic acids is 3. The van der Waals surface area contributed by atoms with Crippen molar-refractivity contribution in [3.05, 3.63) is 144 Å². The van der Waals surface area contributed by atoms with Crippen LogP contribution in [0, 0.1) is 12.9 Å². The Morgan fingerprint density at radius 3 is 2.24 bits per heavy atom. The van der Waals surface area contributed by atoms with Crippen LogP contribution in [0.1, 0.15) is 41.8 Å². The molecule has 4 aromatic rings. The Morgan fingerprint density at radius 2 is 1.60 bits per heavy atom. The number of ether oxygens (including phenoxy) is 3. The van der Waals surface area contributed by atoms with E-state index in [1.165, 1.54) is 22.0 Å². The van der Waals surface area contributed by atoms with Crippen LogP contribution < -0.4 is 20.8 Å². The number of benzene rings is 3. The molecule has 0 radical (unpaired) electrons. The van der Waals surface area contributed by atoms with Gasteiger partial charge in [-0.1, -0.05) is 78.9 Å². The summed E-state index contributed by atoms with van der Waals surface area (Å²) in [4.78, 5) is 46.6. The predicted octanol–water partition coefficient (Wildman–Crippen LogP) is 5.47. The lowest BCUT2D eigenvalue weighted by molar-refractivity contribution is -0.161. The zero-order chi connectivity index (χ0) is 39.4. The molecule has 0 spiro atoms. The van der Waals surface area contributed by atoms with Gasteiger partial charge >= 0.3 is 6.03 Å². The normalized spacial score (nSPS) is 11.5. The average Bonchev–Trinajstić information content (AvgIpc) is 3.17. The maximum atomic E-state index is 14.6. The van der Waals surface area contributed by atoms with Crippen molar-refractivity contribution < 1.29 is 33.0 Å². The number of carbonyl (C=O) groups is 3. The molecule has 0 saturated heterocycles. The Balaban J connectivity index is 1.57. The lowest BCUT2D eigenvalue weighted by Gasteiger charge is -2.31. The summed E-state index contributed by atoms with van der Waals surface area (Å²) < 4.78 is 31.8. The molecule has 3 aromatic carbocycles. The van der Waals surface area contributed by atoms with Gasteiger partial charge in [0.1, 0.15) is 18.4 Å². The van der Waals surface area contributed by atoms with E-state index in [2.05, 4.69) is 27.6 Å². The van der Waals surface area contributed by atoms with E-state index in [0.717, 1.165) is 22.3 Å². The molecule has 55 heavy (non-hydrogen) atoms. The first-order chi connectivity index (χ1) is 26.7. The van der Waals surface area contributed by atoms with Gasteiger partial charge in [-0.3, -0.25) is 15.0 Å². The van der Waals surface area contributed by atoms with Crippen molar-refractivity contribution in [1.82, 2.24) is 31.0 Å². The van der Waals surface area contributed by atoms with Gasteiger partial charge in [0.2, 0.25) is 17.8 Å². The van der Waals surface area contributed by atoms with Gasteiger partial charge in [0.15, 0.2) is 6.29 Å². The van der Waals surface area contributed by atoms with E-state index in [4.69, 9.17) is 14.2 Å². The first kappa shape index (κ1) is 42.1. The van der Waals surface area contributed by atoms with Crippen LogP contribution >= 0.6 is 0 Å². The van der Waals surface area contributed by atoms with Crippen LogP contribution in [0.4, 0.5) is 9.18 Å². The monoisotopic (exact) mass is 754 g/mol. The SMILES string of the molecule is C=CCN(CC(=O)N[C@@H](Cc1ccc(OCc2ccccc2)cc1C)C(=O)N(Cc1cccc(F)n1)CC(OCC)OCC)NC(=O)NCc1ccccc1. The summed E-state index contributed by atoms with van der Waals surface area (Å²) in [5.41, 5.74) is 6.58. The molecule has 0 unspecified atom stereocenters. The Hall–Kier alpha value is -5.63. The van der Waals surface area contributed by atoms with E-state index >= 15 is 0 Å². The Kier molecular flexibility index (Phi) is 17.3. The third kappa shape index (κ3) is 14.6. The minimum Gasteiger partial charge on any atom is -0.489 e. The number of hydrogen-bond acceptors (Lipinski definition) is 8. The smallest absolute Gasteiger partial charge is 0.329 e. The number of pyridine rings is 1. The number of rotatable bonds is 22. The largest absolute Gasteiger partial charge is 0.489 e. The number of hydrazine groups is 1. The lowest BCUT2D eigenvalue weighted by atomic mass is 9.99. The fraction of sp³-hybridized carbons (Fsp3) is 0.333. The summed E-state index contributed by atoms with van der Waals surface area (Å²) in [5.74, 6) is -1.02. The molecule has 0 aliphatic rings. The second kappa shape index (κ2) is 22.6. The second-order valence-corrected chi connectivity index (χ2v) is 12.6. The number of hydrogen-bond donors (Lipinski definition) is 3. The van der Waals surface area contributed by atoms with Gasteiger partial charge in [-0.2, -0.15) is 4.39 Å². The summed E-state index contributed by atoms with van der Waals surface area (Å²) in [5, 5.41) is 7.07. The van der Waals surface area contributed by atoms with Crippen molar-refractivity contribution in [3.8, 4) is 5.75 Å². The van der Waals surface area contributed by atoms with Crippen molar-refractivity contribution in [2.75, 3.05) is 32.8 Å². The number of aromatic nitrogens is 1. The maximum Gasteiger partial charge on any atom is 0.329 e. The molecule has 1 atom stereocenters. The number of halogens is 1. The molecule has 0 fully saturated rings. The van der Waals surface area contributed by atoms with Crippen LogP contribution in [-0.2, 0) is 45.2 Å². The lowest BCUT2D eigenvalue weighted by Crippen LogP contribution is -2.55. The highest BCUT2D eigenvalue weighted by atomic mass is 19.1. The molecule has 13 heteroatoms. The van der Waals surface area contributed by atoms with Gasteiger partial charge in [0, 0.05) is 32.7 Å². The van der Waals surface area contributed by atoms with Crippen molar-refractivity contribution in [2.45, 2.75) is 59.2 Å². The van der Waals surface area contributed by atoms with Crippen LogP contribution in [0.5, 0.6) is 5.75 Å². The van der Waals surface area contributed by atoms with Crippen molar-refractivity contribution in [1.29, 1.82) is 0 Å². The first-order valence-corrected chi connectivity index (χ1v) is 18.3. The van der Waals surface area contributed by atoms with Crippen molar-refractivity contribution in [2.24, 2.45) is 0 Å². The minimum absolute atomic E-state index is 0.0119. The summed E-state index contributed by atoms with van der Waals surface area (Å²) in [6.07, 6.45) is 0.879. The zero-order valence-electron chi connectivity index (χ0n) is 31.7. The molecular formula is C42H51FN6O6. The van der Waals surface area contributed by atoms with Gasteiger partial charge in [0.05, 0.1) is 25.3 Å². The molecule has 1 heterocycles. The molecule has 1 aromatic heterocycles. The van der Waals surface area contributed by atoms with Crippen molar-refractivity contribution in [3.63, 3.8) is 0 Å². The zero-order valence-corrected chi connectivity index (χ0v) is 31.7. The van der Waals surface area contributed by atoms with E-state index in [9.17, 15) is 18.8 Å².